The Morgan fingerprint density at radius 1 is 1.32 bits per heavy atom. The SMILES string of the molecule is Cc1c(Cl)c(CSc2nnnn2C2CC2)nc2ccccc12. The number of rotatable bonds is 4. The Hall–Kier alpha value is -1.66. The van der Waals surface area contributed by atoms with Crippen LogP contribution in [-0.2, 0) is 5.75 Å². The quantitative estimate of drug-likeness (QED) is 0.680. The molecule has 0 amide bonds. The number of aromatic nitrogens is 5. The topological polar surface area (TPSA) is 56.5 Å². The first kappa shape index (κ1) is 14.0. The highest BCUT2D eigenvalue weighted by molar-refractivity contribution is 7.98. The third kappa shape index (κ3) is 2.46. The molecule has 0 spiro atoms. The molecule has 1 fully saturated rings. The third-order valence-electron chi connectivity index (χ3n) is 3.84. The largest absolute Gasteiger partial charge is 0.250 e. The molecule has 1 aromatic carbocycles. The Morgan fingerprint density at radius 3 is 2.95 bits per heavy atom. The molecule has 2 aromatic heterocycles. The molecule has 1 aliphatic rings. The minimum Gasteiger partial charge on any atom is -0.250 e. The Bertz CT molecular complexity index is 843. The maximum atomic E-state index is 6.49. The van der Waals surface area contributed by atoms with Gasteiger partial charge in [0.05, 0.1) is 22.3 Å². The van der Waals surface area contributed by atoms with Gasteiger partial charge in [-0.1, -0.05) is 41.6 Å². The van der Waals surface area contributed by atoms with Crippen molar-refractivity contribution >= 4 is 34.3 Å². The van der Waals surface area contributed by atoms with Crippen LogP contribution in [0.5, 0.6) is 0 Å². The van der Waals surface area contributed by atoms with E-state index in [9.17, 15) is 0 Å². The fraction of sp³-hybridized carbons (Fsp3) is 0.333. The van der Waals surface area contributed by atoms with Crippen LogP contribution in [0.1, 0.15) is 30.1 Å². The Morgan fingerprint density at radius 2 is 2.14 bits per heavy atom. The van der Waals surface area contributed by atoms with Gasteiger partial charge < -0.3 is 0 Å². The fourth-order valence-corrected chi connectivity index (χ4v) is 3.65. The average molecular weight is 332 g/mol. The molecule has 112 valence electrons. The molecule has 1 aliphatic carbocycles. The minimum atomic E-state index is 0.472. The molecule has 2 heterocycles. The number of thioether (sulfide) groups is 1. The van der Waals surface area contributed by atoms with Crippen LogP contribution in [0.2, 0.25) is 5.02 Å². The Labute approximate surface area is 137 Å². The lowest BCUT2D eigenvalue weighted by Crippen LogP contribution is -2.00. The van der Waals surface area contributed by atoms with Gasteiger partial charge in [-0.2, -0.15) is 0 Å². The predicted octanol–water partition coefficient (Wildman–Crippen LogP) is 3.81. The molecule has 0 radical (unpaired) electrons. The summed E-state index contributed by atoms with van der Waals surface area (Å²) in [5.74, 6) is 0.664. The van der Waals surface area contributed by atoms with Crippen LogP contribution in [0.25, 0.3) is 10.9 Å². The van der Waals surface area contributed by atoms with Crippen LogP contribution in [0.3, 0.4) is 0 Å². The van der Waals surface area contributed by atoms with Crippen molar-refractivity contribution < 1.29 is 0 Å². The van der Waals surface area contributed by atoms with E-state index < -0.39 is 0 Å². The lowest BCUT2D eigenvalue weighted by atomic mass is 10.1. The number of tetrazole rings is 1. The Kier molecular flexibility index (Phi) is 3.50. The monoisotopic (exact) mass is 331 g/mol. The van der Waals surface area contributed by atoms with E-state index in [0.29, 0.717) is 11.8 Å². The summed E-state index contributed by atoms with van der Waals surface area (Å²) in [6.45, 7) is 2.04. The number of halogens is 1. The minimum absolute atomic E-state index is 0.472. The van der Waals surface area contributed by atoms with Crippen molar-refractivity contribution in [2.45, 2.75) is 36.7 Å². The van der Waals surface area contributed by atoms with Crippen molar-refractivity contribution in [3.63, 3.8) is 0 Å². The van der Waals surface area contributed by atoms with Gasteiger partial charge in [0, 0.05) is 11.1 Å². The van der Waals surface area contributed by atoms with E-state index in [1.165, 1.54) is 0 Å². The van der Waals surface area contributed by atoms with E-state index in [0.717, 1.165) is 45.2 Å². The van der Waals surface area contributed by atoms with Gasteiger partial charge in [0.2, 0.25) is 5.16 Å². The molecule has 0 aliphatic heterocycles. The van der Waals surface area contributed by atoms with Crippen molar-refractivity contribution in [2.24, 2.45) is 0 Å². The van der Waals surface area contributed by atoms with Crippen LogP contribution < -0.4 is 0 Å². The summed E-state index contributed by atoms with van der Waals surface area (Å²) >= 11 is 8.08. The van der Waals surface area contributed by atoms with Crippen LogP contribution in [0, 0.1) is 6.92 Å². The van der Waals surface area contributed by atoms with Gasteiger partial charge in [0.15, 0.2) is 0 Å². The van der Waals surface area contributed by atoms with E-state index >= 15 is 0 Å². The van der Waals surface area contributed by atoms with Gasteiger partial charge in [-0.05, 0) is 41.8 Å². The average Bonchev–Trinajstić information content (AvgIpc) is 3.28. The molecule has 0 atom stereocenters. The van der Waals surface area contributed by atoms with E-state index in [1.807, 2.05) is 35.9 Å². The second-order valence-electron chi connectivity index (χ2n) is 5.44. The number of hydrogen-bond donors (Lipinski definition) is 0. The van der Waals surface area contributed by atoms with E-state index in [2.05, 4.69) is 15.5 Å². The molecule has 5 nitrogen and oxygen atoms in total. The second-order valence-corrected chi connectivity index (χ2v) is 6.76. The number of hydrogen-bond acceptors (Lipinski definition) is 5. The molecular weight excluding hydrogens is 318 g/mol. The van der Waals surface area contributed by atoms with Gasteiger partial charge in [0.25, 0.3) is 0 Å². The lowest BCUT2D eigenvalue weighted by molar-refractivity contribution is 0.565. The first-order chi connectivity index (χ1) is 10.7. The summed E-state index contributed by atoms with van der Waals surface area (Å²) in [6, 6.07) is 8.54. The summed E-state index contributed by atoms with van der Waals surface area (Å²) in [4.78, 5) is 4.69. The normalized spacial score (nSPS) is 14.6. The maximum absolute atomic E-state index is 6.49. The van der Waals surface area contributed by atoms with Gasteiger partial charge in [0.1, 0.15) is 0 Å². The first-order valence-corrected chi connectivity index (χ1v) is 8.55. The summed E-state index contributed by atoms with van der Waals surface area (Å²) in [7, 11) is 0. The first-order valence-electron chi connectivity index (χ1n) is 7.18. The molecule has 0 bridgehead atoms. The fourth-order valence-electron chi connectivity index (χ4n) is 2.47. The molecule has 0 saturated heterocycles. The summed E-state index contributed by atoms with van der Waals surface area (Å²) in [5.41, 5.74) is 2.93. The molecular formula is C15H14ClN5S. The molecule has 1 saturated carbocycles. The van der Waals surface area contributed by atoms with Crippen molar-refractivity contribution in [2.75, 3.05) is 0 Å². The van der Waals surface area contributed by atoms with Crippen molar-refractivity contribution in [1.82, 2.24) is 25.2 Å². The highest BCUT2D eigenvalue weighted by Crippen LogP contribution is 2.37. The molecule has 0 N–H and O–H groups in total. The number of nitrogens with zero attached hydrogens (tertiary/aromatic N) is 5. The van der Waals surface area contributed by atoms with E-state index in [-0.39, 0.29) is 0 Å². The van der Waals surface area contributed by atoms with Crippen molar-refractivity contribution in [3.8, 4) is 0 Å². The van der Waals surface area contributed by atoms with Crippen molar-refractivity contribution in [1.29, 1.82) is 0 Å². The number of para-hydroxylation sites is 1. The highest BCUT2D eigenvalue weighted by atomic mass is 35.5. The van der Waals surface area contributed by atoms with Crippen LogP contribution in [0.15, 0.2) is 29.4 Å². The number of fused-ring (bicyclic) bond motifs is 1. The number of benzene rings is 1. The molecule has 0 unspecified atom stereocenters. The summed E-state index contributed by atoms with van der Waals surface area (Å²) in [6.07, 6.45) is 2.32. The van der Waals surface area contributed by atoms with Gasteiger partial charge in [-0.3, -0.25) is 4.98 Å². The molecule has 3 aromatic rings. The zero-order valence-corrected chi connectivity index (χ0v) is 13.6. The van der Waals surface area contributed by atoms with Crippen LogP contribution in [0.4, 0.5) is 0 Å². The van der Waals surface area contributed by atoms with Gasteiger partial charge in [-0.25, -0.2) is 4.68 Å². The summed E-state index contributed by atoms with van der Waals surface area (Å²) in [5, 5.41) is 14.6. The summed E-state index contributed by atoms with van der Waals surface area (Å²) < 4.78 is 1.91. The smallest absolute Gasteiger partial charge is 0.209 e. The number of pyridine rings is 1. The third-order valence-corrected chi connectivity index (χ3v) is 5.29. The zero-order chi connectivity index (χ0) is 15.1. The van der Waals surface area contributed by atoms with E-state index in [4.69, 9.17) is 16.6 Å². The maximum Gasteiger partial charge on any atom is 0.209 e. The van der Waals surface area contributed by atoms with Crippen molar-refractivity contribution in [3.05, 3.63) is 40.5 Å². The Balaban J connectivity index is 1.63. The zero-order valence-electron chi connectivity index (χ0n) is 12.0. The van der Waals surface area contributed by atoms with Crippen LogP contribution >= 0.6 is 23.4 Å². The predicted molar refractivity (Wildman–Crippen MR) is 87.1 cm³/mol. The van der Waals surface area contributed by atoms with Crippen LogP contribution in [-0.4, -0.2) is 25.2 Å². The number of aryl methyl sites for hydroxylation is 1. The van der Waals surface area contributed by atoms with Gasteiger partial charge >= 0.3 is 0 Å². The second kappa shape index (κ2) is 5.52. The van der Waals surface area contributed by atoms with E-state index in [1.54, 1.807) is 11.8 Å². The van der Waals surface area contributed by atoms with Gasteiger partial charge in [-0.15, -0.1) is 5.10 Å². The molecule has 22 heavy (non-hydrogen) atoms. The lowest BCUT2D eigenvalue weighted by Gasteiger charge is -2.09. The highest BCUT2D eigenvalue weighted by Gasteiger charge is 2.28. The molecule has 7 heteroatoms. The molecule has 4 rings (SSSR count). The standard InChI is InChI=1S/C15H14ClN5S/c1-9-11-4-2-3-5-12(11)17-13(14(9)16)8-22-15-18-19-20-21(15)10-6-7-10/h2-5,10H,6-8H2,1H3.